The number of unbranched alkanes of at least 4 members (excludes halogenated alkanes) is 3. The average molecular weight is 319 g/mol. The molecule has 1 N–H and O–H groups in total. The molecule has 0 aliphatic heterocycles. The molecule has 0 aliphatic rings. The SMILES string of the molecule is CCCCC/C=C\C/C=C\C/C=C\C/C=C\CCC(C)C(=O)O. The van der Waals surface area contributed by atoms with Crippen LogP contribution in [0.25, 0.3) is 0 Å². The minimum absolute atomic E-state index is 0.249. The van der Waals surface area contributed by atoms with Gasteiger partial charge in [-0.1, -0.05) is 75.3 Å². The van der Waals surface area contributed by atoms with Gasteiger partial charge in [0, 0.05) is 0 Å². The molecule has 2 heteroatoms. The van der Waals surface area contributed by atoms with Gasteiger partial charge >= 0.3 is 5.97 Å². The van der Waals surface area contributed by atoms with Crippen LogP contribution in [0.3, 0.4) is 0 Å². The molecule has 0 saturated carbocycles. The zero-order chi connectivity index (χ0) is 17.2. The van der Waals surface area contributed by atoms with Crippen molar-refractivity contribution in [3.05, 3.63) is 48.6 Å². The van der Waals surface area contributed by atoms with Gasteiger partial charge < -0.3 is 5.11 Å². The molecule has 0 aromatic heterocycles. The third-order valence-electron chi connectivity index (χ3n) is 3.65. The second-order valence-electron chi connectivity index (χ2n) is 5.91. The molecule has 0 aromatic carbocycles. The standard InChI is InChI=1S/C21H34O2/c1-3-4-5-6-7-8-9-10-11-12-13-14-15-16-17-18-19-20(2)21(22)23/h7-8,10-11,13-14,16-17,20H,3-6,9,12,15,18-19H2,1-2H3,(H,22,23)/b8-7-,11-10-,14-13-,17-16-. The van der Waals surface area contributed by atoms with Crippen LogP contribution >= 0.6 is 0 Å². The monoisotopic (exact) mass is 318 g/mol. The van der Waals surface area contributed by atoms with Crippen LogP contribution in [-0.4, -0.2) is 11.1 Å². The summed E-state index contributed by atoms with van der Waals surface area (Å²) in [7, 11) is 0. The maximum Gasteiger partial charge on any atom is 0.306 e. The van der Waals surface area contributed by atoms with Gasteiger partial charge in [-0.3, -0.25) is 4.79 Å². The Labute approximate surface area is 142 Å². The van der Waals surface area contributed by atoms with Crippen molar-refractivity contribution >= 4 is 5.97 Å². The summed E-state index contributed by atoms with van der Waals surface area (Å²) in [5, 5.41) is 8.76. The number of allylic oxidation sites excluding steroid dienone is 8. The van der Waals surface area contributed by atoms with Crippen LogP contribution in [0.1, 0.15) is 71.6 Å². The molecule has 0 fully saturated rings. The van der Waals surface area contributed by atoms with E-state index in [1.165, 1.54) is 25.7 Å². The summed E-state index contributed by atoms with van der Waals surface area (Å²) in [6, 6.07) is 0. The molecule has 0 radical (unpaired) electrons. The molecule has 2 nitrogen and oxygen atoms in total. The molecule has 23 heavy (non-hydrogen) atoms. The van der Waals surface area contributed by atoms with Gasteiger partial charge in [-0.05, 0) is 44.9 Å². The second kappa shape index (κ2) is 16.8. The molecule has 0 bridgehead atoms. The lowest BCUT2D eigenvalue weighted by atomic mass is 10.1. The van der Waals surface area contributed by atoms with E-state index >= 15 is 0 Å². The van der Waals surface area contributed by atoms with Gasteiger partial charge in [-0.15, -0.1) is 0 Å². The van der Waals surface area contributed by atoms with E-state index in [2.05, 4.69) is 55.5 Å². The molecule has 0 heterocycles. The minimum atomic E-state index is -0.708. The summed E-state index contributed by atoms with van der Waals surface area (Å²) in [5.41, 5.74) is 0. The van der Waals surface area contributed by atoms with Crippen LogP contribution < -0.4 is 0 Å². The zero-order valence-electron chi connectivity index (χ0n) is 14.9. The van der Waals surface area contributed by atoms with Crippen molar-refractivity contribution in [3.8, 4) is 0 Å². The Kier molecular flexibility index (Phi) is 15.6. The lowest BCUT2D eigenvalue weighted by Crippen LogP contribution is -2.08. The van der Waals surface area contributed by atoms with Crippen molar-refractivity contribution in [2.45, 2.75) is 71.6 Å². The Balaban J connectivity index is 3.49. The van der Waals surface area contributed by atoms with E-state index in [4.69, 9.17) is 5.11 Å². The summed E-state index contributed by atoms with van der Waals surface area (Å²) in [6.45, 7) is 3.98. The first-order valence-corrected chi connectivity index (χ1v) is 9.01. The maximum absolute atomic E-state index is 10.6. The molecule has 0 amide bonds. The number of carbonyl (C=O) groups is 1. The quantitative estimate of drug-likeness (QED) is 0.294. The van der Waals surface area contributed by atoms with Crippen LogP contribution in [0, 0.1) is 5.92 Å². The highest BCUT2D eigenvalue weighted by Gasteiger charge is 2.08. The number of aliphatic carboxylic acids is 1. The predicted octanol–water partition coefficient (Wildman–Crippen LogP) is 6.46. The normalized spacial score (nSPS) is 13.8. The third kappa shape index (κ3) is 16.6. The van der Waals surface area contributed by atoms with E-state index in [0.29, 0.717) is 6.42 Å². The van der Waals surface area contributed by atoms with Crippen molar-refractivity contribution in [2.75, 3.05) is 0 Å². The number of hydrogen-bond acceptors (Lipinski definition) is 1. The molecule has 0 spiro atoms. The maximum atomic E-state index is 10.6. The highest BCUT2D eigenvalue weighted by Crippen LogP contribution is 2.06. The fourth-order valence-electron chi connectivity index (χ4n) is 2.03. The largest absolute Gasteiger partial charge is 0.481 e. The topological polar surface area (TPSA) is 37.3 Å². The Morgan fingerprint density at radius 1 is 0.826 bits per heavy atom. The van der Waals surface area contributed by atoms with E-state index in [1.54, 1.807) is 6.92 Å². The molecule has 0 aliphatic carbocycles. The van der Waals surface area contributed by atoms with E-state index < -0.39 is 5.97 Å². The second-order valence-corrected chi connectivity index (χ2v) is 5.91. The van der Waals surface area contributed by atoms with Crippen molar-refractivity contribution in [1.82, 2.24) is 0 Å². The van der Waals surface area contributed by atoms with Gasteiger partial charge in [0.25, 0.3) is 0 Å². The van der Waals surface area contributed by atoms with Crippen LogP contribution in [0.4, 0.5) is 0 Å². The summed E-state index contributed by atoms with van der Waals surface area (Å²) >= 11 is 0. The smallest absolute Gasteiger partial charge is 0.306 e. The number of carboxylic acids is 1. The van der Waals surface area contributed by atoms with E-state index in [9.17, 15) is 4.79 Å². The summed E-state index contributed by atoms with van der Waals surface area (Å²) in [5.74, 6) is -0.957. The van der Waals surface area contributed by atoms with Crippen LogP contribution in [0.5, 0.6) is 0 Å². The van der Waals surface area contributed by atoms with Crippen molar-refractivity contribution in [3.63, 3.8) is 0 Å². The first-order chi connectivity index (χ1) is 11.2. The van der Waals surface area contributed by atoms with Gasteiger partial charge in [0.1, 0.15) is 0 Å². The highest BCUT2D eigenvalue weighted by atomic mass is 16.4. The number of carboxylic acid groups (broad SMARTS) is 1. The molecule has 0 rings (SSSR count). The Hall–Kier alpha value is -1.57. The zero-order valence-corrected chi connectivity index (χ0v) is 14.9. The fraction of sp³-hybridized carbons (Fsp3) is 0.571. The highest BCUT2D eigenvalue weighted by molar-refractivity contribution is 5.69. The van der Waals surface area contributed by atoms with Gasteiger partial charge in [0.05, 0.1) is 5.92 Å². The lowest BCUT2D eigenvalue weighted by molar-refractivity contribution is -0.141. The summed E-state index contributed by atoms with van der Waals surface area (Å²) in [4.78, 5) is 10.6. The molecule has 1 atom stereocenters. The molecular formula is C21H34O2. The van der Waals surface area contributed by atoms with Crippen molar-refractivity contribution in [2.24, 2.45) is 5.92 Å². The third-order valence-corrected chi connectivity index (χ3v) is 3.65. The number of hydrogen-bond donors (Lipinski definition) is 1. The lowest BCUT2D eigenvalue weighted by Gasteiger charge is -2.01. The van der Waals surface area contributed by atoms with Gasteiger partial charge in [0.15, 0.2) is 0 Å². The Morgan fingerprint density at radius 3 is 1.78 bits per heavy atom. The summed E-state index contributed by atoms with van der Waals surface area (Å²) in [6.07, 6.45) is 27.1. The minimum Gasteiger partial charge on any atom is -0.481 e. The first kappa shape index (κ1) is 21.4. The van der Waals surface area contributed by atoms with Crippen molar-refractivity contribution in [1.29, 1.82) is 0 Å². The van der Waals surface area contributed by atoms with E-state index in [-0.39, 0.29) is 5.92 Å². The van der Waals surface area contributed by atoms with Crippen molar-refractivity contribution < 1.29 is 9.90 Å². The molecule has 0 aromatic rings. The first-order valence-electron chi connectivity index (χ1n) is 9.01. The summed E-state index contributed by atoms with van der Waals surface area (Å²) < 4.78 is 0. The van der Waals surface area contributed by atoms with Gasteiger partial charge in [-0.25, -0.2) is 0 Å². The molecular weight excluding hydrogens is 284 g/mol. The van der Waals surface area contributed by atoms with E-state index in [1.807, 2.05) is 0 Å². The average Bonchev–Trinajstić information content (AvgIpc) is 2.54. The Morgan fingerprint density at radius 2 is 1.30 bits per heavy atom. The van der Waals surface area contributed by atoms with Crippen LogP contribution in [0.2, 0.25) is 0 Å². The molecule has 1 unspecified atom stereocenters. The van der Waals surface area contributed by atoms with E-state index in [0.717, 1.165) is 25.7 Å². The van der Waals surface area contributed by atoms with Gasteiger partial charge in [-0.2, -0.15) is 0 Å². The van der Waals surface area contributed by atoms with Crippen LogP contribution in [0.15, 0.2) is 48.6 Å². The molecule has 130 valence electrons. The molecule has 0 saturated heterocycles. The van der Waals surface area contributed by atoms with Crippen LogP contribution in [-0.2, 0) is 4.79 Å². The Bertz CT molecular complexity index is 389. The predicted molar refractivity (Wildman–Crippen MR) is 101 cm³/mol. The van der Waals surface area contributed by atoms with Gasteiger partial charge in [0.2, 0.25) is 0 Å². The fourth-order valence-corrected chi connectivity index (χ4v) is 2.03. The number of rotatable bonds is 14.